The molecular formula is C18H21ClO2. The van der Waals surface area contributed by atoms with Crippen LogP contribution in [0, 0.1) is 0 Å². The average Bonchev–Trinajstić information content (AvgIpc) is 2.49. The van der Waals surface area contributed by atoms with Crippen LogP contribution in [0.1, 0.15) is 37.0 Å². The zero-order chi connectivity index (χ0) is 15.1. The second-order valence-electron chi connectivity index (χ2n) is 5.16. The van der Waals surface area contributed by atoms with Crippen LogP contribution >= 0.6 is 11.6 Å². The Kier molecular flexibility index (Phi) is 6.09. The molecule has 0 aliphatic rings. The highest BCUT2D eigenvalue weighted by Gasteiger charge is 2.06. The molecule has 2 nitrogen and oxygen atoms in total. The fraction of sp³-hybridized carbons (Fsp3) is 0.333. The average molecular weight is 305 g/mol. The van der Waals surface area contributed by atoms with Crippen LogP contribution in [0.5, 0.6) is 5.75 Å². The van der Waals surface area contributed by atoms with Crippen molar-refractivity contribution in [3.8, 4) is 5.75 Å². The van der Waals surface area contributed by atoms with Gasteiger partial charge in [0.05, 0.1) is 17.7 Å². The van der Waals surface area contributed by atoms with E-state index in [1.165, 1.54) is 5.56 Å². The number of aliphatic hydroxyl groups is 1. The van der Waals surface area contributed by atoms with Gasteiger partial charge in [-0.2, -0.15) is 0 Å². The largest absolute Gasteiger partial charge is 0.492 e. The molecule has 0 aromatic heterocycles. The first-order chi connectivity index (χ1) is 10.2. The Labute approximate surface area is 131 Å². The summed E-state index contributed by atoms with van der Waals surface area (Å²) in [5.74, 6) is 0.681. The molecule has 2 rings (SSSR count). The third-order valence-electron chi connectivity index (χ3n) is 3.40. The molecule has 2 aromatic carbocycles. The van der Waals surface area contributed by atoms with Crippen molar-refractivity contribution in [2.24, 2.45) is 0 Å². The predicted molar refractivity (Wildman–Crippen MR) is 87.0 cm³/mol. The molecule has 0 heterocycles. The lowest BCUT2D eigenvalue weighted by Gasteiger charge is -2.11. The van der Waals surface area contributed by atoms with Crippen molar-refractivity contribution in [2.75, 3.05) is 6.61 Å². The molecule has 0 saturated heterocycles. The first kappa shape index (κ1) is 15.9. The lowest BCUT2D eigenvalue weighted by molar-refractivity contribution is 0.199. The van der Waals surface area contributed by atoms with E-state index in [1.807, 2.05) is 18.2 Å². The lowest BCUT2D eigenvalue weighted by Crippen LogP contribution is -2.00. The summed E-state index contributed by atoms with van der Waals surface area (Å²) >= 11 is 6.15. The normalized spacial score (nSPS) is 12.1. The molecule has 0 saturated carbocycles. The summed E-state index contributed by atoms with van der Waals surface area (Å²) in [6, 6.07) is 15.9. The number of halogens is 1. The molecule has 0 bridgehead atoms. The van der Waals surface area contributed by atoms with E-state index in [2.05, 4.69) is 24.3 Å². The van der Waals surface area contributed by atoms with Crippen molar-refractivity contribution in [1.29, 1.82) is 0 Å². The maximum atomic E-state index is 9.49. The van der Waals surface area contributed by atoms with Gasteiger partial charge in [-0.15, -0.1) is 0 Å². The fourth-order valence-corrected chi connectivity index (χ4v) is 2.40. The number of aryl methyl sites for hydroxylation is 1. The van der Waals surface area contributed by atoms with Crippen LogP contribution in [0.15, 0.2) is 48.5 Å². The first-order valence-electron chi connectivity index (χ1n) is 7.31. The molecule has 0 aliphatic heterocycles. The molecule has 0 aliphatic carbocycles. The summed E-state index contributed by atoms with van der Waals surface area (Å²) in [5, 5.41) is 10.0. The van der Waals surface area contributed by atoms with Crippen LogP contribution in [0.2, 0.25) is 5.02 Å². The Morgan fingerprint density at radius 2 is 1.86 bits per heavy atom. The van der Waals surface area contributed by atoms with E-state index in [9.17, 15) is 5.11 Å². The maximum Gasteiger partial charge on any atom is 0.137 e. The third kappa shape index (κ3) is 5.07. The van der Waals surface area contributed by atoms with Gasteiger partial charge < -0.3 is 9.84 Å². The zero-order valence-corrected chi connectivity index (χ0v) is 13.0. The molecule has 0 fully saturated rings. The van der Waals surface area contributed by atoms with Crippen molar-refractivity contribution in [3.05, 3.63) is 64.7 Å². The Bertz CT molecular complexity index is 552. The summed E-state index contributed by atoms with van der Waals surface area (Å²) in [5.41, 5.74) is 2.16. The summed E-state index contributed by atoms with van der Waals surface area (Å²) in [4.78, 5) is 0. The number of ether oxygens (including phenoxy) is 1. The predicted octanol–water partition coefficient (Wildman–Crippen LogP) is 4.80. The van der Waals surface area contributed by atoms with E-state index >= 15 is 0 Å². The number of aliphatic hydroxyl groups excluding tert-OH is 1. The van der Waals surface area contributed by atoms with Crippen LogP contribution in [0.4, 0.5) is 0 Å². The van der Waals surface area contributed by atoms with E-state index in [0.717, 1.165) is 24.8 Å². The van der Waals surface area contributed by atoms with Gasteiger partial charge in [-0.3, -0.25) is 0 Å². The molecule has 1 N–H and O–H groups in total. The molecular weight excluding hydrogens is 284 g/mol. The highest BCUT2D eigenvalue weighted by molar-refractivity contribution is 6.32. The van der Waals surface area contributed by atoms with E-state index in [0.29, 0.717) is 17.4 Å². The minimum atomic E-state index is -0.512. The first-order valence-corrected chi connectivity index (χ1v) is 7.69. The van der Waals surface area contributed by atoms with Gasteiger partial charge in [0, 0.05) is 0 Å². The minimum Gasteiger partial charge on any atom is -0.492 e. The van der Waals surface area contributed by atoms with Crippen molar-refractivity contribution in [3.63, 3.8) is 0 Å². The maximum absolute atomic E-state index is 9.49. The third-order valence-corrected chi connectivity index (χ3v) is 3.69. The standard InChI is InChI=1S/C18H21ClO2/c1-14(20)16-10-11-18(17(19)13-16)21-12-6-5-9-15-7-3-2-4-8-15/h2-4,7-8,10-11,13-14,20H,5-6,9,12H2,1H3. The summed E-state index contributed by atoms with van der Waals surface area (Å²) in [6.07, 6.45) is 2.64. The second kappa shape index (κ2) is 8.06. The van der Waals surface area contributed by atoms with Gasteiger partial charge in [-0.25, -0.2) is 0 Å². The molecule has 1 atom stereocenters. The molecule has 1 unspecified atom stereocenters. The monoisotopic (exact) mass is 304 g/mol. The smallest absolute Gasteiger partial charge is 0.137 e. The van der Waals surface area contributed by atoms with E-state index in [-0.39, 0.29) is 0 Å². The highest BCUT2D eigenvalue weighted by atomic mass is 35.5. The van der Waals surface area contributed by atoms with Crippen LogP contribution in [-0.2, 0) is 6.42 Å². The Balaban J connectivity index is 1.74. The van der Waals surface area contributed by atoms with Gasteiger partial charge in [-0.05, 0) is 49.4 Å². The molecule has 3 heteroatoms. The van der Waals surface area contributed by atoms with Crippen LogP contribution < -0.4 is 4.74 Å². The van der Waals surface area contributed by atoms with Crippen molar-refractivity contribution < 1.29 is 9.84 Å². The lowest BCUT2D eigenvalue weighted by atomic mass is 10.1. The molecule has 0 amide bonds. The van der Waals surface area contributed by atoms with E-state index < -0.39 is 6.10 Å². The molecule has 21 heavy (non-hydrogen) atoms. The summed E-state index contributed by atoms with van der Waals surface area (Å²) < 4.78 is 5.70. The van der Waals surface area contributed by atoms with Crippen LogP contribution in [0.3, 0.4) is 0 Å². The minimum absolute atomic E-state index is 0.512. The quantitative estimate of drug-likeness (QED) is 0.745. The number of rotatable bonds is 7. The number of hydrogen-bond acceptors (Lipinski definition) is 2. The summed E-state index contributed by atoms with van der Waals surface area (Å²) in [7, 11) is 0. The van der Waals surface area contributed by atoms with Gasteiger partial charge in [0.15, 0.2) is 0 Å². The van der Waals surface area contributed by atoms with Crippen molar-refractivity contribution in [1.82, 2.24) is 0 Å². The number of benzene rings is 2. The second-order valence-corrected chi connectivity index (χ2v) is 5.56. The van der Waals surface area contributed by atoms with Gasteiger partial charge in [-0.1, -0.05) is 48.0 Å². The topological polar surface area (TPSA) is 29.5 Å². The Hall–Kier alpha value is -1.51. The van der Waals surface area contributed by atoms with Crippen LogP contribution in [-0.4, -0.2) is 11.7 Å². The highest BCUT2D eigenvalue weighted by Crippen LogP contribution is 2.28. The van der Waals surface area contributed by atoms with Gasteiger partial charge in [0.1, 0.15) is 5.75 Å². The van der Waals surface area contributed by atoms with E-state index in [4.69, 9.17) is 16.3 Å². The van der Waals surface area contributed by atoms with Gasteiger partial charge in [0.25, 0.3) is 0 Å². The molecule has 112 valence electrons. The Morgan fingerprint density at radius 3 is 2.52 bits per heavy atom. The fourth-order valence-electron chi connectivity index (χ4n) is 2.15. The van der Waals surface area contributed by atoms with Crippen molar-refractivity contribution in [2.45, 2.75) is 32.3 Å². The SMILES string of the molecule is CC(O)c1ccc(OCCCCc2ccccc2)c(Cl)c1. The van der Waals surface area contributed by atoms with Gasteiger partial charge >= 0.3 is 0 Å². The van der Waals surface area contributed by atoms with Gasteiger partial charge in [0.2, 0.25) is 0 Å². The number of hydrogen-bond donors (Lipinski definition) is 1. The van der Waals surface area contributed by atoms with Crippen LogP contribution in [0.25, 0.3) is 0 Å². The summed E-state index contributed by atoms with van der Waals surface area (Å²) in [6.45, 7) is 2.37. The van der Waals surface area contributed by atoms with E-state index in [1.54, 1.807) is 13.0 Å². The molecule has 0 spiro atoms. The molecule has 2 aromatic rings. The Morgan fingerprint density at radius 1 is 1.10 bits per heavy atom. The zero-order valence-electron chi connectivity index (χ0n) is 12.3. The van der Waals surface area contributed by atoms with Crippen molar-refractivity contribution >= 4 is 11.6 Å². The number of unbranched alkanes of at least 4 members (excludes halogenated alkanes) is 1. The molecule has 0 radical (unpaired) electrons.